The van der Waals surface area contributed by atoms with Crippen molar-refractivity contribution < 1.29 is 0 Å². The van der Waals surface area contributed by atoms with Crippen molar-refractivity contribution in [1.82, 2.24) is 14.7 Å². The lowest BCUT2D eigenvalue weighted by Gasteiger charge is -2.47. The summed E-state index contributed by atoms with van der Waals surface area (Å²) in [4.78, 5) is 7.59. The standard InChI is InChI=1S/C15H32N4/c1-4-19-9-6-15(13-16,7-10-19)18(3)12-14-5-8-17(2)11-14/h14H,4-13,16H2,1-3H3. The first kappa shape index (κ1) is 15.2. The molecule has 1 unspecified atom stereocenters. The summed E-state index contributed by atoms with van der Waals surface area (Å²) >= 11 is 0. The number of likely N-dealkylation sites (N-methyl/N-ethyl adjacent to an activating group) is 1. The SMILES string of the molecule is CCN1CCC(CN)(N(C)CC2CCN(C)C2)CC1. The average molecular weight is 268 g/mol. The molecule has 0 bridgehead atoms. The Morgan fingerprint density at radius 3 is 2.42 bits per heavy atom. The molecule has 19 heavy (non-hydrogen) atoms. The first-order valence-corrected chi connectivity index (χ1v) is 7.92. The van der Waals surface area contributed by atoms with E-state index in [2.05, 4.69) is 35.7 Å². The molecule has 2 heterocycles. The van der Waals surface area contributed by atoms with Gasteiger partial charge in [0.2, 0.25) is 0 Å². The lowest BCUT2D eigenvalue weighted by Crippen LogP contribution is -2.59. The van der Waals surface area contributed by atoms with Gasteiger partial charge in [0, 0.05) is 25.2 Å². The van der Waals surface area contributed by atoms with Crippen LogP contribution >= 0.6 is 0 Å². The maximum Gasteiger partial charge on any atom is 0.0353 e. The smallest absolute Gasteiger partial charge is 0.0353 e. The van der Waals surface area contributed by atoms with Crippen molar-refractivity contribution in [2.75, 3.05) is 59.9 Å². The van der Waals surface area contributed by atoms with Gasteiger partial charge < -0.3 is 15.5 Å². The molecule has 0 aromatic rings. The number of rotatable bonds is 5. The number of nitrogens with zero attached hydrogens (tertiary/aromatic N) is 3. The van der Waals surface area contributed by atoms with Crippen LogP contribution in [0.25, 0.3) is 0 Å². The van der Waals surface area contributed by atoms with Gasteiger partial charge in [-0.3, -0.25) is 4.90 Å². The third-order valence-electron chi connectivity index (χ3n) is 5.44. The largest absolute Gasteiger partial charge is 0.329 e. The highest BCUT2D eigenvalue weighted by molar-refractivity contribution is 4.96. The van der Waals surface area contributed by atoms with Crippen LogP contribution in [0.2, 0.25) is 0 Å². The zero-order chi connectivity index (χ0) is 13.9. The quantitative estimate of drug-likeness (QED) is 0.795. The normalized spacial score (nSPS) is 29.2. The molecule has 2 fully saturated rings. The van der Waals surface area contributed by atoms with Gasteiger partial charge in [-0.1, -0.05) is 6.92 Å². The Morgan fingerprint density at radius 2 is 1.95 bits per heavy atom. The fourth-order valence-corrected chi connectivity index (χ4v) is 3.78. The predicted molar refractivity (Wildman–Crippen MR) is 81.4 cm³/mol. The fourth-order valence-electron chi connectivity index (χ4n) is 3.78. The van der Waals surface area contributed by atoms with Crippen molar-refractivity contribution in [3.63, 3.8) is 0 Å². The Bertz CT molecular complexity index is 273. The Hall–Kier alpha value is -0.160. The second kappa shape index (κ2) is 6.53. The molecule has 0 radical (unpaired) electrons. The molecule has 1 atom stereocenters. The minimum absolute atomic E-state index is 0.257. The van der Waals surface area contributed by atoms with Gasteiger partial charge in [0.15, 0.2) is 0 Å². The lowest BCUT2D eigenvalue weighted by molar-refractivity contribution is 0.0376. The molecule has 0 aromatic heterocycles. The molecule has 4 heteroatoms. The molecule has 2 aliphatic rings. The van der Waals surface area contributed by atoms with Crippen LogP contribution in [0.15, 0.2) is 0 Å². The van der Waals surface area contributed by atoms with E-state index in [0.717, 1.165) is 12.5 Å². The van der Waals surface area contributed by atoms with Crippen molar-refractivity contribution in [2.45, 2.75) is 31.7 Å². The van der Waals surface area contributed by atoms with E-state index in [1.807, 2.05) is 0 Å². The molecule has 2 N–H and O–H groups in total. The zero-order valence-electron chi connectivity index (χ0n) is 13.1. The number of likely N-dealkylation sites (tertiary alicyclic amines) is 2. The van der Waals surface area contributed by atoms with E-state index in [9.17, 15) is 0 Å². The Balaban J connectivity index is 1.89. The summed E-state index contributed by atoms with van der Waals surface area (Å²) in [6, 6.07) is 0. The molecule has 0 saturated carbocycles. The van der Waals surface area contributed by atoms with Crippen LogP contribution in [0.4, 0.5) is 0 Å². The number of hydrogen-bond donors (Lipinski definition) is 1. The summed E-state index contributed by atoms with van der Waals surface area (Å²) in [5.74, 6) is 0.836. The van der Waals surface area contributed by atoms with Gasteiger partial charge in [0.05, 0.1) is 0 Å². The highest BCUT2D eigenvalue weighted by atomic mass is 15.2. The van der Waals surface area contributed by atoms with Crippen molar-refractivity contribution >= 4 is 0 Å². The van der Waals surface area contributed by atoms with Crippen LogP contribution in [0, 0.1) is 5.92 Å². The minimum atomic E-state index is 0.257. The van der Waals surface area contributed by atoms with Gasteiger partial charge >= 0.3 is 0 Å². The van der Waals surface area contributed by atoms with E-state index in [1.54, 1.807) is 0 Å². The van der Waals surface area contributed by atoms with Gasteiger partial charge in [-0.15, -0.1) is 0 Å². The summed E-state index contributed by atoms with van der Waals surface area (Å²) in [6.45, 7) is 10.4. The molecular weight excluding hydrogens is 236 g/mol. The Kier molecular flexibility index (Phi) is 5.23. The van der Waals surface area contributed by atoms with Crippen LogP contribution < -0.4 is 5.73 Å². The first-order valence-electron chi connectivity index (χ1n) is 7.92. The molecule has 2 rings (SSSR count). The molecule has 4 nitrogen and oxygen atoms in total. The molecule has 112 valence electrons. The van der Waals surface area contributed by atoms with E-state index in [1.165, 1.54) is 58.5 Å². The topological polar surface area (TPSA) is 35.7 Å². The van der Waals surface area contributed by atoms with E-state index in [-0.39, 0.29) is 5.54 Å². The van der Waals surface area contributed by atoms with Crippen LogP contribution in [0.5, 0.6) is 0 Å². The maximum absolute atomic E-state index is 6.16. The molecular formula is C15H32N4. The fraction of sp³-hybridized carbons (Fsp3) is 1.00. The van der Waals surface area contributed by atoms with Gasteiger partial charge in [-0.2, -0.15) is 0 Å². The van der Waals surface area contributed by atoms with E-state index in [4.69, 9.17) is 5.73 Å². The van der Waals surface area contributed by atoms with Gasteiger partial charge in [-0.05, 0) is 65.5 Å². The van der Waals surface area contributed by atoms with Gasteiger partial charge in [0.1, 0.15) is 0 Å². The van der Waals surface area contributed by atoms with Crippen LogP contribution in [0.1, 0.15) is 26.2 Å². The van der Waals surface area contributed by atoms with Crippen molar-refractivity contribution in [1.29, 1.82) is 0 Å². The summed E-state index contributed by atoms with van der Waals surface area (Å²) in [5.41, 5.74) is 6.41. The second-order valence-electron chi connectivity index (χ2n) is 6.66. The maximum atomic E-state index is 6.16. The van der Waals surface area contributed by atoms with Crippen LogP contribution in [-0.4, -0.2) is 80.1 Å². The van der Waals surface area contributed by atoms with Crippen molar-refractivity contribution in [3.05, 3.63) is 0 Å². The molecule has 0 aromatic carbocycles. The minimum Gasteiger partial charge on any atom is -0.329 e. The van der Waals surface area contributed by atoms with E-state index < -0.39 is 0 Å². The number of piperidine rings is 1. The summed E-state index contributed by atoms with van der Waals surface area (Å²) in [6.07, 6.45) is 3.81. The Labute approximate surface area is 118 Å². The third kappa shape index (κ3) is 3.48. The first-order chi connectivity index (χ1) is 9.09. The van der Waals surface area contributed by atoms with Crippen LogP contribution in [-0.2, 0) is 0 Å². The number of hydrogen-bond acceptors (Lipinski definition) is 4. The summed E-state index contributed by atoms with van der Waals surface area (Å²) < 4.78 is 0. The molecule has 0 amide bonds. The highest BCUT2D eigenvalue weighted by Gasteiger charge is 2.37. The van der Waals surface area contributed by atoms with Crippen LogP contribution in [0.3, 0.4) is 0 Å². The van der Waals surface area contributed by atoms with Crippen molar-refractivity contribution in [2.24, 2.45) is 11.7 Å². The molecule has 2 saturated heterocycles. The van der Waals surface area contributed by atoms with Crippen molar-refractivity contribution in [3.8, 4) is 0 Å². The molecule has 2 aliphatic heterocycles. The lowest BCUT2D eigenvalue weighted by atomic mass is 9.85. The van der Waals surface area contributed by atoms with E-state index >= 15 is 0 Å². The highest BCUT2D eigenvalue weighted by Crippen LogP contribution is 2.29. The third-order valence-corrected chi connectivity index (χ3v) is 5.44. The average Bonchev–Trinajstić information content (AvgIpc) is 2.84. The summed E-state index contributed by atoms with van der Waals surface area (Å²) in [5, 5.41) is 0. The monoisotopic (exact) mass is 268 g/mol. The summed E-state index contributed by atoms with van der Waals surface area (Å²) in [7, 11) is 4.53. The van der Waals surface area contributed by atoms with E-state index in [0.29, 0.717) is 0 Å². The number of nitrogens with two attached hydrogens (primary N) is 1. The molecule has 0 aliphatic carbocycles. The van der Waals surface area contributed by atoms with Gasteiger partial charge in [-0.25, -0.2) is 0 Å². The predicted octanol–water partition coefficient (Wildman–Crippen LogP) is 0.683. The molecule has 0 spiro atoms. The Morgan fingerprint density at radius 1 is 1.26 bits per heavy atom. The second-order valence-corrected chi connectivity index (χ2v) is 6.66. The van der Waals surface area contributed by atoms with Gasteiger partial charge in [0.25, 0.3) is 0 Å². The zero-order valence-corrected chi connectivity index (χ0v) is 13.1.